The number of benzene rings is 2. The van der Waals surface area contributed by atoms with E-state index >= 15 is 0 Å². The zero-order valence-electron chi connectivity index (χ0n) is 24.0. The summed E-state index contributed by atoms with van der Waals surface area (Å²) in [5.41, 5.74) is 4.70. The van der Waals surface area contributed by atoms with E-state index in [-0.39, 0.29) is 18.3 Å². The summed E-state index contributed by atoms with van der Waals surface area (Å²) < 4.78 is 20.3. The summed E-state index contributed by atoms with van der Waals surface area (Å²) in [4.78, 5) is 36.3. The molecule has 1 amide bonds. The quantitative estimate of drug-likeness (QED) is 0.149. The predicted octanol–water partition coefficient (Wildman–Crippen LogP) is 6.83. The van der Waals surface area contributed by atoms with Gasteiger partial charge in [0.25, 0.3) is 0 Å². The van der Waals surface area contributed by atoms with Crippen LogP contribution in [0.4, 0.5) is 5.69 Å². The van der Waals surface area contributed by atoms with Gasteiger partial charge in [-0.05, 0) is 55.5 Å². The van der Waals surface area contributed by atoms with Crippen LogP contribution in [0.1, 0.15) is 93.2 Å². The maximum absolute atomic E-state index is 12.7. The second-order valence-electron chi connectivity index (χ2n) is 10.7. The van der Waals surface area contributed by atoms with Gasteiger partial charge in [0.15, 0.2) is 0 Å². The van der Waals surface area contributed by atoms with Gasteiger partial charge in [-0.2, -0.15) is 0 Å². The van der Waals surface area contributed by atoms with Gasteiger partial charge in [0.1, 0.15) is 5.78 Å². The van der Waals surface area contributed by atoms with Crippen molar-refractivity contribution in [1.29, 1.82) is 0 Å². The highest BCUT2D eigenvalue weighted by Crippen LogP contribution is 2.42. The van der Waals surface area contributed by atoms with E-state index in [0.29, 0.717) is 31.6 Å². The van der Waals surface area contributed by atoms with Gasteiger partial charge in [-0.15, -0.1) is 0 Å². The highest BCUT2D eigenvalue weighted by molar-refractivity contribution is 7.47. The SMILES string of the molecule is COP(=O)(O)OCCCCCCC(=O)CCCCCCC(=O)Nc1cccc2c1CN(C)CC2c1ccccc1. The Morgan fingerprint density at radius 2 is 1.57 bits per heavy atom. The molecule has 0 bridgehead atoms. The number of phosphoric ester groups is 1. The molecule has 0 aliphatic carbocycles. The molecule has 2 N–H and O–H groups in total. The number of fused-ring (bicyclic) bond motifs is 1. The number of rotatable bonds is 18. The third-order valence-electron chi connectivity index (χ3n) is 7.43. The minimum Gasteiger partial charge on any atom is -0.326 e. The lowest BCUT2D eigenvalue weighted by molar-refractivity contribution is -0.119. The Morgan fingerprint density at radius 1 is 0.925 bits per heavy atom. The Bertz CT molecular complexity index is 1130. The third kappa shape index (κ3) is 10.9. The summed E-state index contributed by atoms with van der Waals surface area (Å²) in [6.45, 7) is 1.95. The third-order valence-corrected chi connectivity index (χ3v) is 8.40. The highest BCUT2D eigenvalue weighted by atomic mass is 31.2. The fourth-order valence-electron chi connectivity index (χ4n) is 5.25. The number of nitrogens with one attached hydrogen (secondary N) is 1. The van der Waals surface area contributed by atoms with Crippen LogP contribution in [0.5, 0.6) is 0 Å². The van der Waals surface area contributed by atoms with Crippen LogP contribution in [0.3, 0.4) is 0 Å². The first kappa shape index (κ1) is 32.2. The van der Waals surface area contributed by atoms with Crippen LogP contribution >= 0.6 is 7.82 Å². The average molecular weight is 573 g/mol. The molecule has 3 rings (SSSR count). The molecule has 0 aromatic heterocycles. The van der Waals surface area contributed by atoms with Crippen molar-refractivity contribution in [3.05, 3.63) is 65.2 Å². The Labute approximate surface area is 239 Å². The van der Waals surface area contributed by atoms with Gasteiger partial charge in [-0.3, -0.25) is 18.6 Å². The molecule has 220 valence electrons. The number of unbranched alkanes of at least 4 members (excludes halogenated alkanes) is 6. The van der Waals surface area contributed by atoms with E-state index in [2.05, 4.69) is 52.1 Å². The number of carbonyl (C=O) groups is 2. The summed E-state index contributed by atoms with van der Waals surface area (Å²) in [6, 6.07) is 16.8. The first-order chi connectivity index (χ1) is 19.3. The molecule has 2 aromatic carbocycles. The Morgan fingerprint density at radius 3 is 2.25 bits per heavy atom. The van der Waals surface area contributed by atoms with Crippen molar-refractivity contribution >= 4 is 25.2 Å². The summed E-state index contributed by atoms with van der Waals surface area (Å²) in [5.74, 6) is 0.614. The van der Waals surface area contributed by atoms with Gasteiger partial charge in [0.05, 0.1) is 6.61 Å². The van der Waals surface area contributed by atoms with Gasteiger partial charge >= 0.3 is 7.82 Å². The normalized spacial score (nSPS) is 16.7. The van der Waals surface area contributed by atoms with Crippen LogP contribution in [0.15, 0.2) is 48.5 Å². The maximum Gasteiger partial charge on any atom is 0.471 e. The van der Waals surface area contributed by atoms with E-state index in [9.17, 15) is 14.2 Å². The van der Waals surface area contributed by atoms with Crippen LogP contribution in [0.2, 0.25) is 0 Å². The van der Waals surface area contributed by atoms with Crippen molar-refractivity contribution in [1.82, 2.24) is 4.90 Å². The molecule has 1 heterocycles. The zero-order valence-corrected chi connectivity index (χ0v) is 24.9. The first-order valence-corrected chi connectivity index (χ1v) is 16.0. The molecule has 1 aliphatic rings. The lowest BCUT2D eigenvalue weighted by Gasteiger charge is -2.34. The lowest BCUT2D eigenvalue weighted by atomic mass is 9.84. The molecule has 8 nitrogen and oxygen atoms in total. The number of hydrogen-bond donors (Lipinski definition) is 2. The van der Waals surface area contributed by atoms with Gasteiger partial charge < -0.3 is 15.1 Å². The first-order valence-electron chi connectivity index (χ1n) is 14.5. The van der Waals surface area contributed by atoms with E-state index < -0.39 is 7.82 Å². The molecule has 2 unspecified atom stereocenters. The molecule has 40 heavy (non-hydrogen) atoms. The molecule has 0 saturated heterocycles. The van der Waals surface area contributed by atoms with E-state index in [4.69, 9.17) is 9.42 Å². The second kappa shape index (κ2) is 16.8. The van der Waals surface area contributed by atoms with Gasteiger partial charge in [-0.1, -0.05) is 68.1 Å². The second-order valence-corrected chi connectivity index (χ2v) is 12.2. The van der Waals surface area contributed by atoms with Crippen molar-refractivity contribution in [3.8, 4) is 0 Å². The molecule has 0 radical (unpaired) electrons. The fraction of sp³-hybridized carbons (Fsp3) is 0.548. The summed E-state index contributed by atoms with van der Waals surface area (Å²) in [7, 11) is -0.618. The minimum absolute atomic E-state index is 0.0448. The summed E-state index contributed by atoms with van der Waals surface area (Å²) in [6.07, 6.45) is 8.41. The molecule has 1 aliphatic heterocycles. The molecular formula is C31H45N2O6P. The van der Waals surface area contributed by atoms with Gasteiger partial charge in [-0.25, -0.2) is 4.57 Å². The van der Waals surface area contributed by atoms with Gasteiger partial charge in [0, 0.05) is 51.1 Å². The standard InChI is InChI=1S/C31H45N2O6P/c1-33-23-28(25-15-8-7-9-16-25)27-19-14-20-30(29(27)24-33)32-31(35)21-12-4-3-10-17-26(34)18-11-5-6-13-22-39-40(36,37)38-2/h7-9,14-16,19-20,28H,3-6,10-13,17-18,21-24H2,1-2H3,(H,32,35)(H,36,37). The molecule has 9 heteroatoms. The molecule has 0 spiro atoms. The van der Waals surface area contributed by atoms with Crippen LogP contribution < -0.4 is 5.32 Å². The average Bonchev–Trinajstić information content (AvgIpc) is 2.94. The zero-order chi connectivity index (χ0) is 28.8. The molecule has 2 atom stereocenters. The monoisotopic (exact) mass is 572 g/mol. The number of anilines is 1. The maximum atomic E-state index is 12.7. The Hall–Kier alpha value is -2.35. The molecular weight excluding hydrogens is 527 g/mol. The minimum atomic E-state index is -3.88. The van der Waals surface area contributed by atoms with Crippen molar-refractivity contribution in [2.24, 2.45) is 0 Å². The number of Topliss-reactive ketones (excluding diaryl/α,β-unsaturated/α-hetero) is 1. The van der Waals surface area contributed by atoms with E-state index in [0.717, 1.165) is 70.8 Å². The Kier molecular flexibility index (Phi) is 13.5. The lowest BCUT2D eigenvalue weighted by Crippen LogP contribution is -2.32. The van der Waals surface area contributed by atoms with Crippen LogP contribution in [-0.4, -0.2) is 48.8 Å². The van der Waals surface area contributed by atoms with E-state index in [1.54, 1.807) is 0 Å². The smallest absolute Gasteiger partial charge is 0.326 e. The number of phosphoric acid groups is 1. The summed E-state index contributed by atoms with van der Waals surface area (Å²) in [5, 5.41) is 3.16. The molecule has 0 saturated carbocycles. The molecule has 0 fully saturated rings. The topological polar surface area (TPSA) is 105 Å². The number of ketones is 1. The van der Waals surface area contributed by atoms with E-state index in [1.807, 2.05) is 18.2 Å². The Balaban J connectivity index is 1.29. The van der Waals surface area contributed by atoms with Crippen LogP contribution in [-0.2, 0) is 29.7 Å². The number of carbonyl (C=O) groups excluding carboxylic acids is 2. The molecule has 2 aromatic rings. The van der Waals surface area contributed by atoms with E-state index in [1.165, 1.54) is 16.7 Å². The largest absolute Gasteiger partial charge is 0.471 e. The van der Waals surface area contributed by atoms with Crippen molar-refractivity contribution in [2.75, 3.05) is 32.6 Å². The van der Waals surface area contributed by atoms with Crippen molar-refractivity contribution in [2.45, 2.75) is 83.1 Å². The summed E-state index contributed by atoms with van der Waals surface area (Å²) >= 11 is 0. The number of hydrogen-bond acceptors (Lipinski definition) is 6. The van der Waals surface area contributed by atoms with Crippen LogP contribution in [0, 0.1) is 0 Å². The highest BCUT2D eigenvalue weighted by Gasteiger charge is 2.26. The van der Waals surface area contributed by atoms with Gasteiger partial charge in [0.2, 0.25) is 5.91 Å². The van der Waals surface area contributed by atoms with Crippen LogP contribution in [0.25, 0.3) is 0 Å². The predicted molar refractivity (Wildman–Crippen MR) is 158 cm³/mol. The number of amides is 1. The fourth-order valence-corrected chi connectivity index (χ4v) is 5.71. The number of nitrogens with zero attached hydrogens (tertiary/aromatic N) is 1. The van der Waals surface area contributed by atoms with Crippen molar-refractivity contribution < 1.29 is 28.1 Å². The van der Waals surface area contributed by atoms with Crippen molar-refractivity contribution in [3.63, 3.8) is 0 Å². The number of likely N-dealkylation sites (N-methyl/N-ethyl adjacent to an activating group) is 1.